The highest BCUT2D eigenvalue weighted by Gasteiger charge is 2.18. The molecule has 0 saturated carbocycles. The van der Waals surface area contributed by atoms with Gasteiger partial charge < -0.3 is 15.5 Å². The molecule has 0 bridgehead atoms. The number of aliphatic hydroxyl groups excluding tert-OH is 1. The number of benzene rings is 2. The lowest BCUT2D eigenvalue weighted by Crippen LogP contribution is -2.28. The summed E-state index contributed by atoms with van der Waals surface area (Å²) in [5.41, 5.74) is 1.81. The fourth-order valence-electron chi connectivity index (χ4n) is 2.40. The molecule has 0 aliphatic rings. The van der Waals surface area contributed by atoms with Crippen LogP contribution in [0, 0.1) is 0 Å². The third kappa shape index (κ3) is 3.97. The normalized spacial score (nSPS) is 13.9. The number of phenolic OH excluding ortho intramolecular Hbond substituents is 1. The molecule has 3 N–H and O–H groups in total. The number of nitrogens with one attached hydrogen (secondary N) is 1. The second-order valence-electron chi connectivity index (χ2n) is 4.97. The first kappa shape index (κ1) is 15.8. The number of phenols is 1. The number of halogens is 1. The summed E-state index contributed by atoms with van der Waals surface area (Å²) in [6.45, 7) is 2.02. The Hall–Kier alpha value is -1.55. The van der Waals surface area contributed by atoms with Crippen molar-refractivity contribution in [3.05, 3.63) is 64.7 Å². The fourth-order valence-corrected chi connectivity index (χ4v) is 2.53. The summed E-state index contributed by atoms with van der Waals surface area (Å²) in [6.07, 6.45) is 0.807. The zero-order valence-electron chi connectivity index (χ0n) is 12.0. The van der Waals surface area contributed by atoms with Crippen molar-refractivity contribution in [3.8, 4) is 5.75 Å². The van der Waals surface area contributed by atoms with Gasteiger partial charge in [0, 0.05) is 16.6 Å². The van der Waals surface area contributed by atoms with Crippen LogP contribution in [0.3, 0.4) is 0 Å². The highest BCUT2D eigenvalue weighted by atomic mass is 35.5. The smallest absolute Gasteiger partial charge is 0.120 e. The monoisotopic (exact) mass is 305 g/mol. The molecule has 4 heteroatoms. The van der Waals surface area contributed by atoms with Crippen LogP contribution in [0.5, 0.6) is 5.75 Å². The molecule has 112 valence electrons. The molecule has 3 nitrogen and oxygen atoms in total. The number of aliphatic hydroxyl groups is 1. The van der Waals surface area contributed by atoms with Crippen LogP contribution in [0.15, 0.2) is 48.5 Å². The van der Waals surface area contributed by atoms with Gasteiger partial charge in [0.05, 0.1) is 12.6 Å². The van der Waals surface area contributed by atoms with Crippen LogP contribution < -0.4 is 5.32 Å². The maximum Gasteiger partial charge on any atom is 0.120 e. The Morgan fingerprint density at radius 1 is 1.05 bits per heavy atom. The Kier molecular flexibility index (Phi) is 5.62. The number of para-hydroxylation sites is 1. The lowest BCUT2D eigenvalue weighted by Gasteiger charge is -2.25. The van der Waals surface area contributed by atoms with Crippen molar-refractivity contribution in [3.63, 3.8) is 0 Å². The second-order valence-corrected chi connectivity index (χ2v) is 5.41. The molecule has 2 rings (SSSR count). The van der Waals surface area contributed by atoms with Crippen LogP contribution in [0.1, 0.15) is 36.6 Å². The number of aromatic hydroxyl groups is 1. The summed E-state index contributed by atoms with van der Waals surface area (Å²) in [5.74, 6) is 0.268. The minimum atomic E-state index is -0.202. The van der Waals surface area contributed by atoms with Gasteiger partial charge in [0.1, 0.15) is 5.75 Å². The van der Waals surface area contributed by atoms with Crippen molar-refractivity contribution in [2.75, 3.05) is 6.61 Å². The van der Waals surface area contributed by atoms with E-state index in [-0.39, 0.29) is 24.4 Å². The molecule has 0 aliphatic carbocycles. The third-order valence-electron chi connectivity index (χ3n) is 3.58. The van der Waals surface area contributed by atoms with Gasteiger partial charge in [-0.3, -0.25) is 0 Å². The Labute approximate surface area is 130 Å². The summed E-state index contributed by atoms with van der Waals surface area (Å²) in [7, 11) is 0. The number of hydrogen-bond acceptors (Lipinski definition) is 3. The molecule has 0 aliphatic heterocycles. The molecule has 0 heterocycles. The topological polar surface area (TPSA) is 52.5 Å². The Morgan fingerprint density at radius 2 is 1.71 bits per heavy atom. The van der Waals surface area contributed by atoms with Gasteiger partial charge in [0.2, 0.25) is 0 Å². The van der Waals surface area contributed by atoms with E-state index in [2.05, 4.69) is 5.32 Å². The van der Waals surface area contributed by atoms with E-state index in [1.165, 1.54) is 0 Å². The van der Waals surface area contributed by atoms with Crippen LogP contribution in [-0.4, -0.2) is 16.8 Å². The van der Waals surface area contributed by atoms with Crippen molar-refractivity contribution in [2.24, 2.45) is 0 Å². The average molecular weight is 306 g/mol. The van der Waals surface area contributed by atoms with Gasteiger partial charge in [-0.05, 0) is 30.2 Å². The minimum Gasteiger partial charge on any atom is -0.508 e. The van der Waals surface area contributed by atoms with Crippen LogP contribution in [-0.2, 0) is 0 Å². The van der Waals surface area contributed by atoms with Gasteiger partial charge >= 0.3 is 0 Å². The molecule has 2 aromatic rings. The molecule has 21 heavy (non-hydrogen) atoms. The zero-order chi connectivity index (χ0) is 15.2. The second kappa shape index (κ2) is 7.46. The van der Waals surface area contributed by atoms with Gasteiger partial charge in [-0.15, -0.1) is 0 Å². The quantitative estimate of drug-likeness (QED) is 0.760. The summed E-state index contributed by atoms with van der Waals surface area (Å²) in [6, 6.07) is 14.4. The van der Waals surface area contributed by atoms with Crippen molar-refractivity contribution in [2.45, 2.75) is 25.4 Å². The van der Waals surface area contributed by atoms with Crippen molar-refractivity contribution < 1.29 is 10.2 Å². The maximum atomic E-state index is 9.98. The van der Waals surface area contributed by atoms with Crippen molar-refractivity contribution >= 4 is 11.6 Å². The molecule has 0 fully saturated rings. The molecule has 0 spiro atoms. The Morgan fingerprint density at radius 3 is 2.29 bits per heavy atom. The molecular formula is C17H20ClNO2. The van der Waals surface area contributed by atoms with E-state index in [0.29, 0.717) is 5.02 Å². The summed E-state index contributed by atoms with van der Waals surface area (Å²) in [5, 5.41) is 23.7. The predicted molar refractivity (Wildman–Crippen MR) is 85.6 cm³/mol. The number of hydrogen-bond donors (Lipinski definition) is 3. The van der Waals surface area contributed by atoms with Crippen LogP contribution in [0.25, 0.3) is 0 Å². The molecule has 0 unspecified atom stereocenters. The lowest BCUT2D eigenvalue weighted by atomic mass is 10.00. The van der Waals surface area contributed by atoms with Crippen LogP contribution in [0.2, 0.25) is 5.02 Å². The van der Waals surface area contributed by atoms with E-state index in [1.54, 1.807) is 12.1 Å². The van der Waals surface area contributed by atoms with Crippen molar-refractivity contribution in [1.82, 2.24) is 5.32 Å². The standard InChI is InChI=1S/C17H20ClNO2/c1-2-15(14-5-3-4-6-17(14)21)19-16(11-20)12-7-9-13(18)10-8-12/h3-10,15-16,19-21H,2,11H2,1H3/t15-,16-/m1/s1. The first-order chi connectivity index (χ1) is 10.2. The van der Waals surface area contributed by atoms with Gasteiger partial charge in [0.25, 0.3) is 0 Å². The van der Waals surface area contributed by atoms with E-state index >= 15 is 0 Å². The van der Waals surface area contributed by atoms with E-state index in [9.17, 15) is 10.2 Å². The van der Waals surface area contributed by atoms with E-state index in [1.807, 2.05) is 43.3 Å². The summed E-state index contributed by atoms with van der Waals surface area (Å²) < 4.78 is 0. The molecule has 0 saturated heterocycles. The summed E-state index contributed by atoms with van der Waals surface area (Å²) >= 11 is 5.89. The highest BCUT2D eigenvalue weighted by Crippen LogP contribution is 2.28. The average Bonchev–Trinajstić information content (AvgIpc) is 2.51. The fraction of sp³-hybridized carbons (Fsp3) is 0.294. The highest BCUT2D eigenvalue weighted by molar-refractivity contribution is 6.30. The molecule has 2 aromatic carbocycles. The molecule has 0 aromatic heterocycles. The summed E-state index contributed by atoms with van der Waals surface area (Å²) in [4.78, 5) is 0. The van der Waals surface area contributed by atoms with E-state index in [0.717, 1.165) is 17.5 Å². The van der Waals surface area contributed by atoms with Crippen LogP contribution >= 0.6 is 11.6 Å². The molecule has 2 atom stereocenters. The molecule has 0 amide bonds. The molecular weight excluding hydrogens is 286 g/mol. The van der Waals surface area contributed by atoms with Gasteiger partial charge in [0.15, 0.2) is 0 Å². The number of rotatable bonds is 6. The Bertz CT molecular complexity index is 571. The SMILES string of the molecule is CC[C@@H](N[C@H](CO)c1ccc(Cl)cc1)c1ccccc1O. The first-order valence-corrected chi connectivity index (χ1v) is 7.43. The predicted octanol–water partition coefficient (Wildman–Crippen LogP) is 3.82. The Balaban J connectivity index is 2.19. The third-order valence-corrected chi connectivity index (χ3v) is 3.83. The van der Waals surface area contributed by atoms with E-state index < -0.39 is 0 Å². The van der Waals surface area contributed by atoms with E-state index in [4.69, 9.17) is 11.6 Å². The lowest BCUT2D eigenvalue weighted by molar-refractivity contribution is 0.231. The largest absolute Gasteiger partial charge is 0.508 e. The van der Waals surface area contributed by atoms with Crippen LogP contribution in [0.4, 0.5) is 0 Å². The molecule has 0 radical (unpaired) electrons. The minimum absolute atomic E-state index is 0.0221. The maximum absolute atomic E-state index is 9.98. The van der Waals surface area contributed by atoms with Crippen molar-refractivity contribution in [1.29, 1.82) is 0 Å². The van der Waals surface area contributed by atoms with Gasteiger partial charge in [-0.25, -0.2) is 0 Å². The first-order valence-electron chi connectivity index (χ1n) is 7.06. The van der Waals surface area contributed by atoms with Gasteiger partial charge in [-0.2, -0.15) is 0 Å². The zero-order valence-corrected chi connectivity index (χ0v) is 12.7. The van der Waals surface area contributed by atoms with Gasteiger partial charge in [-0.1, -0.05) is 48.9 Å².